The highest BCUT2D eigenvalue weighted by Crippen LogP contribution is 2.22. The molecule has 0 aromatic carbocycles. The SMILES string of the molecule is CCNC(=NCc1ncc(C(C)(C)C)o1)NCCc1c(C)noc1C.I. The van der Waals surface area contributed by atoms with Crippen molar-refractivity contribution in [2.24, 2.45) is 4.99 Å². The molecule has 7 nitrogen and oxygen atoms in total. The monoisotopic (exact) mass is 475 g/mol. The van der Waals surface area contributed by atoms with Crippen molar-refractivity contribution in [2.45, 2.75) is 59.9 Å². The molecule has 0 amide bonds. The van der Waals surface area contributed by atoms with Crippen LogP contribution in [-0.2, 0) is 18.4 Å². The Labute approximate surface area is 172 Å². The van der Waals surface area contributed by atoms with E-state index in [1.54, 1.807) is 6.20 Å². The van der Waals surface area contributed by atoms with Crippen LogP contribution in [-0.4, -0.2) is 29.2 Å². The standard InChI is InChI=1S/C18H29N5O2.HI/c1-7-19-17(20-9-8-14-12(2)23-25-13(14)3)22-11-16-21-10-15(24-16)18(4,5)6;/h10H,7-9,11H2,1-6H3,(H2,19,20,22);1H. The van der Waals surface area contributed by atoms with E-state index in [9.17, 15) is 0 Å². The van der Waals surface area contributed by atoms with Crippen LogP contribution in [0.1, 0.15) is 56.4 Å². The van der Waals surface area contributed by atoms with Gasteiger partial charge in [-0.25, -0.2) is 9.98 Å². The summed E-state index contributed by atoms with van der Waals surface area (Å²) < 4.78 is 11.0. The van der Waals surface area contributed by atoms with Gasteiger partial charge in [0.05, 0.1) is 11.9 Å². The van der Waals surface area contributed by atoms with Gasteiger partial charge in [0.1, 0.15) is 18.1 Å². The number of aryl methyl sites for hydroxylation is 2. The molecule has 0 saturated heterocycles. The lowest BCUT2D eigenvalue weighted by Gasteiger charge is -2.13. The van der Waals surface area contributed by atoms with Crippen molar-refractivity contribution >= 4 is 29.9 Å². The van der Waals surface area contributed by atoms with E-state index in [0.29, 0.717) is 12.4 Å². The van der Waals surface area contributed by atoms with Crippen LogP contribution >= 0.6 is 24.0 Å². The van der Waals surface area contributed by atoms with Gasteiger partial charge in [-0.1, -0.05) is 25.9 Å². The molecular formula is C18H30IN5O2. The third-order valence-corrected chi connectivity index (χ3v) is 3.86. The van der Waals surface area contributed by atoms with Crippen LogP contribution in [0.5, 0.6) is 0 Å². The van der Waals surface area contributed by atoms with E-state index in [1.807, 2.05) is 20.8 Å². The summed E-state index contributed by atoms with van der Waals surface area (Å²) in [4.78, 5) is 8.85. The summed E-state index contributed by atoms with van der Waals surface area (Å²) in [5, 5.41) is 10.5. The zero-order chi connectivity index (χ0) is 18.4. The predicted molar refractivity (Wildman–Crippen MR) is 113 cm³/mol. The molecule has 2 heterocycles. The second kappa shape index (κ2) is 9.94. The molecule has 0 unspecified atom stereocenters. The minimum Gasteiger partial charge on any atom is -0.443 e. The number of halogens is 1. The molecule has 2 aromatic rings. The summed E-state index contributed by atoms with van der Waals surface area (Å²) in [5.41, 5.74) is 2.04. The van der Waals surface area contributed by atoms with Crippen LogP contribution in [0.4, 0.5) is 0 Å². The van der Waals surface area contributed by atoms with E-state index in [-0.39, 0.29) is 29.4 Å². The molecule has 0 fully saturated rings. The average molecular weight is 475 g/mol. The van der Waals surface area contributed by atoms with Crippen LogP contribution in [0.25, 0.3) is 0 Å². The van der Waals surface area contributed by atoms with Crippen LogP contribution in [0.3, 0.4) is 0 Å². The Hall–Kier alpha value is -1.58. The van der Waals surface area contributed by atoms with Gasteiger partial charge in [-0.2, -0.15) is 0 Å². The van der Waals surface area contributed by atoms with Gasteiger partial charge in [0.15, 0.2) is 5.96 Å². The Morgan fingerprint density at radius 2 is 1.96 bits per heavy atom. The second-order valence-corrected chi connectivity index (χ2v) is 7.04. The molecule has 2 rings (SSSR count). The van der Waals surface area contributed by atoms with E-state index in [4.69, 9.17) is 8.94 Å². The molecule has 2 N–H and O–H groups in total. The minimum absolute atomic E-state index is 0. The number of guanidine groups is 1. The molecule has 0 aliphatic rings. The van der Waals surface area contributed by atoms with E-state index in [1.165, 1.54) is 0 Å². The van der Waals surface area contributed by atoms with E-state index < -0.39 is 0 Å². The first-order valence-corrected chi connectivity index (χ1v) is 8.70. The zero-order valence-corrected chi connectivity index (χ0v) is 18.8. The Kier molecular flexibility index (Phi) is 8.58. The summed E-state index contributed by atoms with van der Waals surface area (Å²) in [7, 11) is 0. The first-order valence-electron chi connectivity index (χ1n) is 8.70. The summed E-state index contributed by atoms with van der Waals surface area (Å²) in [6.07, 6.45) is 2.61. The van der Waals surface area contributed by atoms with Crippen molar-refractivity contribution in [3.8, 4) is 0 Å². The maximum Gasteiger partial charge on any atom is 0.216 e. The zero-order valence-electron chi connectivity index (χ0n) is 16.5. The second-order valence-electron chi connectivity index (χ2n) is 7.04. The Bertz CT molecular complexity index is 696. The van der Waals surface area contributed by atoms with Gasteiger partial charge in [-0.3, -0.25) is 0 Å². The predicted octanol–water partition coefficient (Wildman–Crippen LogP) is 3.49. The minimum atomic E-state index is -0.0495. The fourth-order valence-electron chi connectivity index (χ4n) is 2.38. The lowest BCUT2D eigenvalue weighted by Crippen LogP contribution is -2.38. The maximum absolute atomic E-state index is 5.78. The van der Waals surface area contributed by atoms with E-state index in [2.05, 4.69) is 46.5 Å². The molecule has 2 aromatic heterocycles. The number of nitrogens with one attached hydrogen (secondary N) is 2. The van der Waals surface area contributed by atoms with Crippen LogP contribution in [0, 0.1) is 13.8 Å². The molecule has 8 heteroatoms. The topological polar surface area (TPSA) is 88.5 Å². The third kappa shape index (κ3) is 6.30. The van der Waals surface area contributed by atoms with Gasteiger partial charge >= 0.3 is 0 Å². The number of hydrogen-bond donors (Lipinski definition) is 2. The molecule has 0 spiro atoms. The number of aromatic nitrogens is 2. The molecule has 0 atom stereocenters. The van der Waals surface area contributed by atoms with Gasteiger partial charge in [0, 0.05) is 24.1 Å². The Morgan fingerprint density at radius 3 is 2.50 bits per heavy atom. The van der Waals surface area contributed by atoms with Crippen molar-refractivity contribution in [1.29, 1.82) is 0 Å². The number of rotatable bonds is 6. The fourth-order valence-corrected chi connectivity index (χ4v) is 2.38. The van der Waals surface area contributed by atoms with Crippen molar-refractivity contribution in [1.82, 2.24) is 20.8 Å². The van der Waals surface area contributed by atoms with Crippen LogP contribution in [0.15, 0.2) is 20.1 Å². The molecule has 0 aliphatic carbocycles. The fraction of sp³-hybridized carbons (Fsp3) is 0.611. The van der Waals surface area contributed by atoms with E-state index >= 15 is 0 Å². The highest BCUT2D eigenvalue weighted by atomic mass is 127. The average Bonchev–Trinajstić information content (AvgIpc) is 3.14. The van der Waals surface area contributed by atoms with Crippen molar-refractivity contribution in [3.05, 3.63) is 34.9 Å². The summed E-state index contributed by atoms with van der Waals surface area (Å²) in [6, 6.07) is 0. The Morgan fingerprint density at radius 1 is 1.23 bits per heavy atom. The molecule has 0 radical (unpaired) electrons. The molecular weight excluding hydrogens is 445 g/mol. The van der Waals surface area contributed by atoms with Gasteiger partial charge in [-0.15, -0.1) is 24.0 Å². The highest BCUT2D eigenvalue weighted by Gasteiger charge is 2.19. The number of oxazole rings is 1. The third-order valence-electron chi connectivity index (χ3n) is 3.86. The normalized spacial score (nSPS) is 12.0. The lowest BCUT2D eigenvalue weighted by atomic mass is 9.94. The van der Waals surface area contributed by atoms with Crippen LogP contribution < -0.4 is 10.6 Å². The van der Waals surface area contributed by atoms with Gasteiger partial charge < -0.3 is 19.6 Å². The van der Waals surface area contributed by atoms with Crippen molar-refractivity contribution in [2.75, 3.05) is 13.1 Å². The first kappa shape index (κ1) is 22.5. The largest absolute Gasteiger partial charge is 0.443 e. The highest BCUT2D eigenvalue weighted by molar-refractivity contribution is 14.0. The number of aliphatic imine (C=N–C) groups is 1. The van der Waals surface area contributed by atoms with Gasteiger partial charge in [0.25, 0.3) is 0 Å². The van der Waals surface area contributed by atoms with Crippen LogP contribution in [0.2, 0.25) is 0 Å². The van der Waals surface area contributed by atoms with Gasteiger partial charge in [-0.05, 0) is 27.2 Å². The van der Waals surface area contributed by atoms with Gasteiger partial charge in [0.2, 0.25) is 5.89 Å². The molecule has 146 valence electrons. The number of hydrogen-bond acceptors (Lipinski definition) is 5. The van der Waals surface area contributed by atoms with Crippen molar-refractivity contribution < 1.29 is 8.94 Å². The Balaban J connectivity index is 0.00000338. The quantitative estimate of drug-likeness (QED) is 0.378. The number of nitrogens with zero attached hydrogens (tertiary/aromatic N) is 3. The maximum atomic E-state index is 5.78. The van der Waals surface area contributed by atoms with Crippen molar-refractivity contribution in [3.63, 3.8) is 0 Å². The molecule has 0 aliphatic heterocycles. The first-order chi connectivity index (χ1) is 11.8. The lowest BCUT2D eigenvalue weighted by molar-refractivity contribution is 0.383. The molecule has 0 saturated carbocycles. The van der Waals surface area contributed by atoms with E-state index in [0.717, 1.165) is 48.2 Å². The molecule has 0 bridgehead atoms. The summed E-state index contributed by atoms with van der Waals surface area (Å²) in [6.45, 7) is 14.2. The smallest absolute Gasteiger partial charge is 0.216 e. The summed E-state index contributed by atoms with van der Waals surface area (Å²) >= 11 is 0. The molecule has 26 heavy (non-hydrogen) atoms. The summed E-state index contributed by atoms with van der Waals surface area (Å²) in [5.74, 6) is 3.10.